The van der Waals surface area contributed by atoms with E-state index < -0.39 is 0 Å². The van der Waals surface area contributed by atoms with Crippen LogP contribution < -0.4 is 4.57 Å². The van der Waals surface area contributed by atoms with Gasteiger partial charge in [0.05, 0.1) is 27.7 Å². The summed E-state index contributed by atoms with van der Waals surface area (Å²) in [6.07, 6.45) is 2.19. The number of fused-ring (bicyclic) bond motifs is 7. The molecule has 0 fully saturated rings. The highest BCUT2D eigenvalue weighted by atomic mass is 19.1. The van der Waals surface area contributed by atoms with E-state index in [1.807, 2.05) is 12.1 Å². The third-order valence-electron chi connectivity index (χ3n) is 9.41. The van der Waals surface area contributed by atoms with E-state index in [4.69, 9.17) is 0 Å². The first kappa shape index (κ1) is 26.6. The maximum Gasteiger partial charge on any atom is 0.220 e. The van der Waals surface area contributed by atoms with Crippen molar-refractivity contribution < 1.29 is 8.96 Å². The predicted octanol–water partition coefficient (Wildman–Crippen LogP) is 10.5. The lowest BCUT2D eigenvalue weighted by atomic mass is 9.80. The number of aryl methyl sites for hydroxylation is 2. The van der Waals surface area contributed by atoms with Gasteiger partial charge in [-0.05, 0) is 82.1 Å². The number of pyridine rings is 1. The molecular weight excluding hydrogens is 539 g/mol. The Balaban J connectivity index is 1.44. The lowest BCUT2D eigenvalue weighted by molar-refractivity contribution is -0.659. The first-order valence-corrected chi connectivity index (χ1v) is 15.3. The maximum atomic E-state index is 14.4. The Hall–Kier alpha value is -5.02. The van der Waals surface area contributed by atoms with E-state index in [2.05, 4.69) is 135 Å². The summed E-state index contributed by atoms with van der Waals surface area (Å²) in [6.45, 7) is 9.16. The van der Waals surface area contributed by atoms with Gasteiger partial charge in [-0.3, -0.25) is 0 Å². The van der Waals surface area contributed by atoms with Gasteiger partial charge in [0.1, 0.15) is 12.9 Å². The quantitative estimate of drug-likeness (QED) is 0.144. The van der Waals surface area contributed by atoms with E-state index in [1.54, 1.807) is 12.1 Å². The topological polar surface area (TPSA) is 8.81 Å². The Morgan fingerprint density at radius 2 is 1.25 bits per heavy atom. The van der Waals surface area contributed by atoms with Crippen molar-refractivity contribution in [1.82, 2.24) is 4.57 Å². The van der Waals surface area contributed by atoms with Crippen molar-refractivity contribution in [2.75, 3.05) is 0 Å². The van der Waals surface area contributed by atoms with E-state index in [0.29, 0.717) is 0 Å². The Morgan fingerprint density at radius 3 is 2.05 bits per heavy atom. The van der Waals surface area contributed by atoms with Crippen LogP contribution in [0.4, 0.5) is 4.39 Å². The zero-order valence-corrected chi connectivity index (χ0v) is 25.7. The van der Waals surface area contributed by atoms with Crippen LogP contribution in [0.5, 0.6) is 0 Å². The number of benzene rings is 6. The SMILES string of the molecule is Cc1c(-c2c3ccc4c(-n5c6ccccc6c6cc(F)ccc65)cccc4c3cc[n+]2C)cc(C(C)(C)C)c2ccccc12. The highest BCUT2D eigenvalue weighted by Crippen LogP contribution is 2.41. The lowest BCUT2D eigenvalue weighted by Crippen LogP contribution is -2.31. The fraction of sp³-hybridized carbons (Fsp3) is 0.146. The fourth-order valence-corrected chi connectivity index (χ4v) is 7.32. The second-order valence-corrected chi connectivity index (χ2v) is 13.1. The maximum absolute atomic E-state index is 14.4. The fourth-order valence-electron chi connectivity index (χ4n) is 7.32. The van der Waals surface area contributed by atoms with E-state index in [1.165, 1.54) is 49.3 Å². The highest BCUT2D eigenvalue weighted by Gasteiger charge is 2.25. The van der Waals surface area contributed by atoms with Crippen molar-refractivity contribution in [3.05, 3.63) is 132 Å². The van der Waals surface area contributed by atoms with Crippen LogP contribution in [0.1, 0.15) is 31.9 Å². The molecule has 0 atom stereocenters. The van der Waals surface area contributed by atoms with Gasteiger partial charge in [0.15, 0.2) is 6.20 Å². The molecule has 0 aliphatic carbocycles. The molecule has 0 saturated carbocycles. The summed E-state index contributed by atoms with van der Waals surface area (Å²) in [7, 11) is 2.15. The number of aromatic nitrogens is 2. The smallest absolute Gasteiger partial charge is 0.220 e. The summed E-state index contributed by atoms with van der Waals surface area (Å²) in [5.41, 5.74) is 8.30. The molecule has 3 heteroatoms. The predicted molar refractivity (Wildman–Crippen MR) is 183 cm³/mol. The number of hydrogen-bond donors (Lipinski definition) is 0. The van der Waals surface area contributed by atoms with Gasteiger partial charge in [-0.25, -0.2) is 8.96 Å². The highest BCUT2D eigenvalue weighted by molar-refractivity contribution is 6.15. The van der Waals surface area contributed by atoms with Crippen molar-refractivity contribution in [3.63, 3.8) is 0 Å². The largest absolute Gasteiger partial charge is 0.309 e. The molecule has 6 aromatic carbocycles. The van der Waals surface area contributed by atoms with Crippen molar-refractivity contribution in [1.29, 1.82) is 0 Å². The third kappa shape index (κ3) is 3.82. The standard InChI is InChI=1S/C41H34FN2/c1-25-27-11-6-7-12-30(27)36(41(2,3)4)24-34(25)40-33-19-18-32-28(29(33)21-22-43(40)5)14-10-16-38(32)44-37-15-9-8-13-31(37)35-23-26(42)17-20-39(35)44/h6-24H,1-5H3/q+1. The summed E-state index contributed by atoms with van der Waals surface area (Å²) in [6, 6.07) is 38.0. The molecule has 0 N–H and O–H groups in total. The minimum atomic E-state index is -0.219. The molecule has 0 unspecified atom stereocenters. The lowest BCUT2D eigenvalue weighted by Gasteiger charge is -2.24. The van der Waals surface area contributed by atoms with Gasteiger partial charge in [0.2, 0.25) is 5.69 Å². The number of rotatable bonds is 2. The van der Waals surface area contributed by atoms with Gasteiger partial charge >= 0.3 is 0 Å². The molecular formula is C41H34FN2+. The number of nitrogens with zero attached hydrogens (tertiary/aromatic N) is 2. The van der Waals surface area contributed by atoms with E-state index in [0.717, 1.165) is 32.9 Å². The average molecular weight is 574 g/mol. The minimum absolute atomic E-state index is 0.00195. The van der Waals surface area contributed by atoms with Crippen LogP contribution in [0.15, 0.2) is 115 Å². The molecule has 2 aromatic heterocycles. The zero-order chi connectivity index (χ0) is 30.3. The molecule has 0 saturated heterocycles. The molecule has 0 amide bonds. The van der Waals surface area contributed by atoms with Crippen LogP contribution in [-0.2, 0) is 12.5 Å². The van der Waals surface area contributed by atoms with Gasteiger partial charge in [-0.1, -0.05) is 81.4 Å². The van der Waals surface area contributed by atoms with Crippen LogP contribution >= 0.6 is 0 Å². The molecule has 0 radical (unpaired) electrons. The molecule has 8 aromatic rings. The third-order valence-corrected chi connectivity index (χ3v) is 9.41. The number of hydrogen-bond acceptors (Lipinski definition) is 0. The van der Waals surface area contributed by atoms with E-state index in [9.17, 15) is 4.39 Å². The Labute approximate surface area is 256 Å². The summed E-state index contributed by atoms with van der Waals surface area (Å²) in [5.74, 6) is -0.219. The molecule has 44 heavy (non-hydrogen) atoms. The van der Waals surface area contributed by atoms with Crippen LogP contribution in [0.2, 0.25) is 0 Å². The Morgan fingerprint density at radius 1 is 0.591 bits per heavy atom. The molecule has 0 aliphatic heterocycles. The monoisotopic (exact) mass is 573 g/mol. The van der Waals surface area contributed by atoms with Crippen LogP contribution in [-0.4, -0.2) is 4.57 Å². The van der Waals surface area contributed by atoms with Gasteiger partial charge in [-0.2, -0.15) is 0 Å². The van der Waals surface area contributed by atoms with Crippen LogP contribution in [0, 0.1) is 12.7 Å². The normalized spacial score (nSPS) is 12.3. The molecule has 0 spiro atoms. The first-order valence-electron chi connectivity index (χ1n) is 15.3. The summed E-state index contributed by atoms with van der Waals surface area (Å²) < 4.78 is 19.0. The van der Waals surface area contributed by atoms with Gasteiger partial charge in [-0.15, -0.1) is 0 Å². The van der Waals surface area contributed by atoms with E-state index in [-0.39, 0.29) is 11.2 Å². The minimum Gasteiger partial charge on any atom is -0.309 e. The molecule has 0 aliphatic rings. The van der Waals surface area contributed by atoms with Gasteiger partial charge < -0.3 is 4.57 Å². The summed E-state index contributed by atoms with van der Waals surface area (Å²) >= 11 is 0. The van der Waals surface area contributed by atoms with Crippen LogP contribution in [0.25, 0.3) is 71.1 Å². The molecule has 0 bridgehead atoms. The van der Waals surface area contributed by atoms with E-state index >= 15 is 0 Å². The van der Waals surface area contributed by atoms with Crippen LogP contribution in [0.3, 0.4) is 0 Å². The summed E-state index contributed by atoms with van der Waals surface area (Å²) in [5, 5.41) is 9.41. The van der Waals surface area contributed by atoms with Crippen molar-refractivity contribution in [3.8, 4) is 16.9 Å². The van der Waals surface area contributed by atoms with Gasteiger partial charge in [0, 0.05) is 27.6 Å². The molecule has 2 nitrogen and oxygen atoms in total. The van der Waals surface area contributed by atoms with Gasteiger partial charge in [0.25, 0.3) is 0 Å². The second kappa shape index (κ2) is 9.49. The molecule has 214 valence electrons. The molecule has 8 rings (SSSR count). The Kier molecular flexibility index (Phi) is 5.74. The average Bonchev–Trinajstić information content (AvgIpc) is 3.34. The second-order valence-electron chi connectivity index (χ2n) is 13.1. The zero-order valence-electron chi connectivity index (χ0n) is 25.7. The molecule has 2 heterocycles. The first-order chi connectivity index (χ1) is 21.2. The number of para-hydroxylation sites is 1. The number of halogens is 1. The Bertz CT molecular complexity index is 2460. The summed E-state index contributed by atoms with van der Waals surface area (Å²) in [4.78, 5) is 0. The van der Waals surface area contributed by atoms with Crippen molar-refractivity contribution in [2.45, 2.75) is 33.1 Å². The van der Waals surface area contributed by atoms with Crippen molar-refractivity contribution >= 4 is 54.1 Å². The van der Waals surface area contributed by atoms with Crippen molar-refractivity contribution in [2.24, 2.45) is 7.05 Å².